The minimum atomic E-state index is -0.373. The van der Waals surface area contributed by atoms with E-state index in [4.69, 9.17) is 9.05 Å². The van der Waals surface area contributed by atoms with Gasteiger partial charge in [0.15, 0.2) is 5.82 Å². The van der Waals surface area contributed by atoms with E-state index >= 15 is 0 Å². The summed E-state index contributed by atoms with van der Waals surface area (Å²) >= 11 is 0. The van der Waals surface area contributed by atoms with E-state index in [2.05, 4.69) is 65.5 Å². The van der Waals surface area contributed by atoms with Gasteiger partial charge in [0.05, 0.1) is 17.5 Å². The highest BCUT2D eigenvalue weighted by Gasteiger charge is 2.30. The molecule has 2 heterocycles. The fraction of sp³-hybridized carbons (Fsp3) is 0.250. The van der Waals surface area contributed by atoms with Gasteiger partial charge in [-0.25, -0.2) is 0 Å². The van der Waals surface area contributed by atoms with Crippen LogP contribution in [0.2, 0.25) is 0 Å². The van der Waals surface area contributed by atoms with Crippen molar-refractivity contribution < 1.29 is 9.05 Å². The van der Waals surface area contributed by atoms with Crippen LogP contribution in [0, 0.1) is 6.92 Å². The van der Waals surface area contributed by atoms with Gasteiger partial charge in [-0.2, -0.15) is 4.98 Å². The maximum Gasteiger partial charge on any atom is 0.232 e. The number of aromatic nitrogens is 3. The van der Waals surface area contributed by atoms with Gasteiger partial charge in [0.1, 0.15) is 5.76 Å². The van der Waals surface area contributed by atoms with Crippen LogP contribution in [-0.4, -0.2) is 15.3 Å². The lowest BCUT2D eigenvalue weighted by atomic mass is 9.81. The number of hydrogen-bond acceptors (Lipinski definition) is 5. The molecule has 0 aliphatic heterocycles. The molecule has 25 heavy (non-hydrogen) atoms. The summed E-state index contributed by atoms with van der Waals surface area (Å²) in [5.74, 6) is 1.97. The Balaban J connectivity index is 1.70. The zero-order chi connectivity index (χ0) is 17.4. The van der Waals surface area contributed by atoms with E-state index in [1.807, 2.05) is 19.1 Å². The first-order valence-corrected chi connectivity index (χ1v) is 8.27. The lowest BCUT2D eigenvalue weighted by Crippen LogP contribution is -2.21. The van der Waals surface area contributed by atoms with Crippen LogP contribution in [0.4, 0.5) is 0 Å². The van der Waals surface area contributed by atoms with Crippen molar-refractivity contribution in [3.05, 3.63) is 77.3 Å². The van der Waals surface area contributed by atoms with E-state index in [9.17, 15) is 0 Å². The van der Waals surface area contributed by atoms with Crippen LogP contribution in [0.25, 0.3) is 10.8 Å². The van der Waals surface area contributed by atoms with Gasteiger partial charge in [0.25, 0.3) is 0 Å². The lowest BCUT2D eigenvalue weighted by Gasteiger charge is -2.23. The molecule has 0 N–H and O–H groups in total. The number of nitrogens with zero attached hydrogens (tertiary/aromatic N) is 3. The number of hydrogen-bond donors (Lipinski definition) is 0. The zero-order valence-corrected chi connectivity index (χ0v) is 14.5. The third kappa shape index (κ3) is 2.82. The second-order valence-corrected chi connectivity index (χ2v) is 6.77. The number of rotatable bonds is 4. The van der Waals surface area contributed by atoms with E-state index in [0.717, 1.165) is 11.5 Å². The zero-order valence-electron chi connectivity index (χ0n) is 14.5. The molecule has 0 saturated heterocycles. The minimum absolute atomic E-state index is 0.373. The molecule has 5 nitrogen and oxygen atoms in total. The Hall–Kier alpha value is -2.95. The van der Waals surface area contributed by atoms with Crippen LogP contribution < -0.4 is 0 Å². The van der Waals surface area contributed by atoms with E-state index in [-0.39, 0.29) is 5.41 Å². The Morgan fingerprint density at radius 2 is 1.76 bits per heavy atom. The maximum atomic E-state index is 5.45. The Morgan fingerprint density at radius 1 is 0.960 bits per heavy atom. The molecular weight excluding hydrogens is 314 g/mol. The number of aryl methyl sites for hydroxylation is 1. The summed E-state index contributed by atoms with van der Waals surface area (Å²) in [6.07, 6.45) is 0.468. The second-order valence-electron chi connectivity index (χ2n) is 6.77. The Kier molecular flexibility index (Phi) is 3.64. The van der Waals surface area contributed by atoms with Crippen molar-refractivity contribution in [3.63, 3.8) is 0 Å². The molecule has 0 fully saturated rings. The maximum absolute atomic E-state index is 5.45. The molecule has 0 aliphatic carbocycles. The fourth-order valence-electron chi connectivity index (χ4n) is 3.13. The largest absolute Gasteiger partial charge is 0.361 e. The quantitative estimate of drug-likeness (QED) is 0.552. The van der Waals surface area contributed by atoms with Gasteiger partial charge in [0.2, 0.25) is 5.89 Å². The molecule has 2 aromatic carbocycles. The average Bonchev–Trinajstić information content (AvgIpc) is 3.24. The first-order valence-electron chi connectivity index (χ1n) is 8.27. The predicted molar refractivity (Wildman–Crippen MR) is 94.4 cm³/mol. The van der Waals surface area contributed by atoms with Crippen LogP contribution in [-0.2, 0) is 11.8 Å². The van der Waals surface area contributed by atoms with Crippen LogP contribution in [0.1, 0.15) is 42.6 Å². The van der Waals surface area contributed by atoms with Crippen molar-refractivity contribution in [2.75, 3.05) is 0 Å². The smallest absolute Gasteiger partial charge is 0.232 e. The summed E-state index contributed by atoms with van der Waals surface area (Å²) in [7, 11) is 0. The van der Waals surface area contributed by atoms with Crippen molar-refractivity contribution in [2.24, 2.45) is 0 Å². The molecule has 0 radical (unpaired) electrons. The molecular formula is C20H19N3O2. The van der Waals surface area contributed by atoms with Gasteiger partial charge in [-0.1, -0.05) is 52.8 Å². The summed E-state index contributed by atoms with van der Waals surface area (Å²) in [5.41, 5.74) is 1.59. The molecule has 126 valence electrons. The topological polar surface area (TPSA) is 65.0 Å². The van der Waals surface area contributed by atoms with Crippen molar-refractivity contribution >= 4 is 10.8 Å². The van der Waals surface area contributed by atoms with Crippen LogP contribution >= 0.6 is 0 Å². The SMILES string of the molecule is Cc1cc(Cc2nc(C(C)(C)c3cccc4ccccc34)no2)no1. The van der Waals surface area contributed by atoms with Crippen molar-refractivity contribution in [1.82, 2.24) is 15.3 Å². The molecule has 0 spiro atoms. The van der Waals surface area contributed by atoms with Gasteiger partial charge in [0, 0.05) is 6.07 Å². The molecule has 0 amide bonds. The van der Waals surface area contributed by atoms with E-state index in [0.29, 0.717) is 18.1 Å². The van der Waals surface area contributed by atoms with Crippen LogP contribution in [0.5, 0.6) is 0 Å². The van der Waals surface area contributed by atoms with Gasteiger partial charge < -0.3 is 9.05 Å². The second kappa shape index (κ2) is 5.84. The third-order valence-corrected chi connectivity index (χ3v) is 4.50. The summed E-state index contributed by atoms with van der Waals surface area (Å²) in [6.45, 7) is 6.09. The summed E-state index contributed by atoms with van der Waals surface area (Å²) in [5, 5.41) is 10.6. The number of fused-ring (bicyclic) bond motifs is 1. The van der Waals surface area contributed by atoms with Gasteiger partial charge in [-0.3, -0.25) is 0 Å². The third-order valence-electron chi connectivity index (χ3n) is 4.50. The first kappa shape index (κ1) is 15.6. The molecule has 0 bridgehead atoms. The van der Waals surface area contributed by atoms with E-state index in [1.165, 1.54) is 16.3 Å². The Morgan fingerprint density at radius 3 is 2.56 bits per heavy atom. The van der Waals surface area contributed by atoms with Crippen LogP contribution in [0.3, 0.4) is 0 Å². The molecule has 4 rings (SSSR count). The normalized spacial score (nSPS) is 12.0. The molecule has 4 aromatic rings. The Labute approximate surface area is 145 Å². The van der Waals surface area contributed by atoms with Gasteiger partial charge in [-0.15, -0.1) is 0 Å². The fourth-order valence-corrected chi connectivity index (χ4v) is 3.13. The molecule has 0 atom stereocenters. The highest BCUT2D eigenvalue weighted by molar-refractivity contribution is 5.86. The summed E-state index contributed by atoms with van der Waals surface area (Å²) in [4.78, 5) is 4.61. The summed E-state index contributed by atoms with van der Waals surface area (Å²) < 4.78 is 10.5. The monoisotopic (exact) mass is 333 g/mol. The highest BCUT2D eigenvalue weighted by Crippen LogP contribution is 2.34. The number of benzene rings is 2. The van der Waals surface area contributed by atoms with Gasteiger partial charge in [-0.05, 0) is 37.1 Å². The van der Waals surface area contributed by atoms with Gasteiger partial charge >= 0.3 is 0 Å². The lowest BCUT2D eigenvalue weighted by molar-refractivity contribution is 0.363. The molecule has 0 unspecified atom stereocenters. The summed E-state index contributed by atoms with van der Waals surface area (Å²) in [6, 6.07) is 16.5. The Bertz CT molecular complexity index is 1020. The average molecular weight is 333 g/mol. The predicted octanol–water partition coefficient (Wildman–Crippen LogP) is 4.44. The molecule has 0 aliphatic rings. The van der Waals surface area contributed by atoms with E-state index in [1.54, 1.807) is 0 Å². The molecule has 2 aromatic heterocycles. The van der Waals surface area contributed by atoms with Crippen molar-refractivity contribution in [2.45, 2.75) is 32.6 Å². The highest BCUT2D eigenvalue weighted by atomic mass is 16.5. The van der Waals surface area contributed by atoms with Crippen molar-refractivity contribution in [3.8, 4) is 0 Å². The van der Waals surface area contributed by atoms with Crippen molar-refractivity contribution in [1.29, 1.82) is 0 Å². The minimum Gasteiger partial charge on any atom is -0.361 e. The standard InChI is InChI=1S/C20H19N3O2/c1-13-11-15(22-24-13)12-18-21-19(23-25-18)20(2,3)17-10-6-8-14-7-4-5-9-16(14)17/h4-11H,12H2,1-3H3. The first-order chi connectivity index (χ1) is 12.0. The van der Waals surface area contributed by atoms with Crippen LogP contribution in [0.15, 0.2) is 57.6 Å². The molecule has 0 saturated carbocycles. The molecule has 5 heteroatoms. The van der Waals surface area contributed by atoms with E-state index < -0.39 is 0 Å².